The lowest BCUT2D eigenvalue weighted by molar-refractivity contribution is 0.582. The van der Waals surface area contributed by atoms with Gasteiger partial charge in [-0.15, -0.1) is 0 Å². The van der Waals surface area contributed by atoms with Gasteiger partial charge in [0.05, 0.1) is 26.8 Å². The molecule has 8 heteroatoms. The van der Waals surface area contributed by atoms with Gasteiger partial charge < -0.3 is 5.32 Å². The summed E-state index contributed by atoms with van der Waals surface area (Å²) in [5.41, 5.74) is 1.37. The maximum atomic E-state index is 12.8. The van der Waals surface area contributed by atoms with Crippen molar-refractivity contribution in [1.82, 2.24) is 14.2 Å². The molecule has 116 valence electrons. The number of thiazole rings is 1. The summed E-state index contributed by atoms with van der Waals surface area (Å²) < 4.78 is 27.6. The molecule has 2 aromatic carbocycles. The Bertz CT molecular complexity index is 1110. The summed E-state index contributed by atoms with van der Waals surface area (Å²) in [6.45, 7) is 0. The minimum atomic E-state index is -3.72. The highest BCUT2D eigenvalue weighted by Gasteiger charge is 2.21. The Morgan fingerprint density at radius 3 is 2.65 bits per heavy atom. The van der Waals surface area contributed by atoms with Crippen molar-refractivity contribution in [3.8, 4) is 0 Å². The molecule has 6 nitrogen and oxygen atoms in total. The number of anilines is 1. The number of fused-ring (bicyclic) bond motifs is 3. The number of rotatable bonds is 3. The third kappa shape index (κ3) is 2.10. The standard InChI is InChI=1S/C15H12N4O2S2/c1-16-15-18-12-7-8-13-11(14(12)22-15)9-17-19(13)23(20,21)10-5-3-2-4-6-10/h2-9H,1H3,(H,16,18). The summed E-state index contributed by atoms with van der Waals surface area (Å²) >= 11 is 1.48. The van der Waals surface area contributed by atoms with Crippen LogP contribution in [-0.4, -0.2) is 29.6 Å². The molecular weight excluding hydrogens is 332 g/mol. The zero-order valence-electron chi connectivity index (χ0n) is 12.1. The van der Waals surface area contributed by atoms with Crippen molar-refractivity contribution < 1.29 is 8.42 Å². The van der Waals surface area contributed by atoms with Crippen LogP contribution in [0.4, 0.5) is 5.13 Å². The number of aromatic nitrogens is 3. The fraction of sp³-hybridized carbons (Fsp3) is 0.0667. The lowest BCUT2D eigenvalue weighted by atomic mass is 10.2. The smallest absolute Gasteiger partial charge is 0.283 e. The van der Waals surface area contributed by atoms with E-state index in [1.807, 2.05) is 6.07 Å². The molecule has 0 radical (unpaired) electrons. The second kappa shape index (κ2) is 5.04. The molecule has 4 rings (SSSR count). The molecule has 0 aliphatic carbocycles. The lowest BCUT2D eigenvalue weighted by Crippen LogP contribution is -2.14. The molecule has 23 heavy (non-hydrogen) atoms. The van der Waals surface area contributed by atoms with Crippen molar-refractivity contribution in [3.63, 3.8) is 0 Å². The molecule has 2 heterocycles. The summed E-state index contributed by atoms with van der Waals surface area (Å²) in [4.78, 5) is 4.65. The van der Waals surface area contributed by atoms with Crippen LogP contribution < -0.4 is 5.32 Å². The molecule has 0 amide bonds. The van der Waals surface area contributed by atoms with Crippen LogP contribution in [-0.2, 0) is 10.0 Å². The van der Waals surface area contributed by atoms with Crippen LogP contribution in [0, 0.1) is 0 Å². The Morgan fingerprint density at radius 1 is 1.13 bits per heavy atom. The van der Waals surface area contributed by atoms with Crippen LogP contribution >= 0.6 is 11.3 Å². The molecule has 0 spiro atoms. The first-order valence-corrected chi connectivity index (χ1v) is 9.12. The van der Waals surface area contributed by atoms with E-state index < -0.39 is 10.0 Å². The predicted molar refractivity (Wildman–Crippen MR) is 91.5 cm³/mol. The molecule has 0 fully saturated rings. The zero-order chi connectivity index (χ0) is 16.0. The first kappa shape index (κ1) is 14.2. The van der Waals surface area contributed by atoms with Crippen LogP contribution in [0.5, 0.6) is 0 Å². The van der Waals surface area contributed by atoms with Gasteiger partial charge >= 0.3 is 0 Å². The molecule has 0 unspecified atom stereocenters. The lowest BCUT2D eigenvalue weighted by Gasteiger charge is -2.05. The number of benzene rings is 2. The summed E-state index contributed by atoms with van der Waals surface area (Å²) in [5, 5.41) is 8.68. The van der Waals surface area contributed by atoms with Gasteiger partial charge in [0, 0.05) is 12.4 Å². The Hall–Kier alpha value is -2.45. The zero-order valence-corrected chi connectivity index (χ0v) is 13.7. The maximum absolute atomic E-state index is 12.8. The number of hydrogen-bond donors (Lipinski definition) is 1. The normalized spacial score (nSPS) is 12.0. The van der Waals surface area contributed by atoms with E-state index in [1.165, 1.54) is 11.3 Å². The van der Waals surface area contributed by atoms with E-state index in [0.29, 0.717) is 5.52 Å². The average Bonchev–Trinajstić information content (AvgIpc) is 3.18. The van der Waals surface area contributed by atoms with Crippen molar-refractivity contribution in [2.45, 2.75) is 4.90 Å². The van der Waals surface area contributed by atoms with Gasteiger partial charge in [0.2, 0.25) is 0 Å². The maximum Gasteiger partial charge on any atom is 0.283 e. The van der Waals surface area contributed by atoms with Crippen molar-refractivity contribution in [1.29, 1.82) is 0 Å². The van der Waals surface area contributed by atoms with Crippen LogP contribution in [0.25, 0.3) is 21.1 Å². The summed E-state index contributed by atoms with van der Waals surface area (Å²) in [7, 11) is -1.91. The molecule has 4 aromatic rings. The van der Waals surface area contributed by atoms with Crippen LogP contribution in [0.2, 0.25) is 0 Å². The second-order valence-electron chi connectivity index (χ2n) is 4.92. The Balaban J connectivity index is 1.99. The summed E-state index contributed by atoms with van der Waals surface area (Å²) in [6.07, 6.45) is 1.58. The minimum absolute atomic E-state index is 0.213. The van der Waals surface area contributed by atoms with Gasteiger partial charge in [0.15, 0.2) is 5.13 Å². The fourth-order valence-electron chi connectivity index (χ4n) is 2.46. The minimum Gasteiger partial charge on any atom is -0.365 e. The molecule has 0 atom stereocenters. The highest BCUT2D eigenvalue weighted by Crippen LogP contribution is 2.33. The van der Waals surface area contributed by atoms with Gasteiger partial charge in [-0.05, 0) is 24.3 Å². The SMILES string of the molecule is CNc1nc2ccc3c(cnn3S(=O)(=O)c3ccccc3)c2s1. The summed E-state index contributed by atoms with van der Waals surface area (Å²) in [6, 6.07) is 11.8. The van der Waals surface area contributed by atoms with Crippen molar-refractivity contribution >= 4 is 47.6 Å². The Kier molecular flexibility index (Phi) is 3.10. The van der Waals surface area contributed by atoms with Crippen molar-refractivity contribution in [2.75, 3.05) is 12.4 Å². The second-order valence-corrected chi connectivity index (χ2v) is 7.69. The van der Waals surface area contributed by atoms with E-state index in [1.54, 1.807) is 49.6 Å². The van der Waals surface area contributed by atoms with Gasteiger partial charge in [-0.25, -0.2) is 4.98 Å². The van der Waals surface area contributed by atoms with E-state index in [-0.39, 0.29) is 4.90 Å². The Labute approximate surface area is 136 Å². The molecule has 0 aliphatic heterocycles. The quantitative estimate of drug-likeness (QED) is 0.618. The van der Waals surface area contributed by atoms with E-state index in [9.17, 15) is 8.42 Å². The van der Waals surface area contributed by atoms with E-state index in [0.717, 1.165) is 24.8 Å². The number of hydrogen-bond acceptors (Lipinski definition) is 6. The average molecular weight is 344 g/mol. The third-order valence-corrected chi connectivity index (χ3v) is 6.29. The topological polar surface area (TPSA) is 76.9 Å². The van der Waals surface area contributed by atoms with Crippen LogP contribution in [0.3, 0.4) is 0 Å². The predicted octanol–water partition coefficient (Wildman–Crippen LogP) is 2.92. The third-order valence-electron chi connectivity index (χ3n) is 3.55. The first-order chi connectivity index (χ1) is 11.1. The number of nitrogens with zero attached hydrogens (tertiary/aromatic N) is 3. The van der Waals surface area contributed by atoms with E-state index in [4.69, 9.17) is 0 Å². The molecule has 0 saturated carbocycles. The van der Waals surface area contributed by atoms with Gasteiger partial charge in [-0.1, -0.05) is 29.5 Å². The van der Waals surface area contributed by atoms with E-state index in [2.05, 4.69) is 15.4 Å². The first-order valence-electron chi connectivity index (χ1n) is 6.87. The van der Waals surface area contributed by atoms with E-state index >= 15 is 0 Å². The number of nitrogens with one attached hydrogen (secondary N) is 1. The van der Waals surface area contributed by atoms with Crippen LogP contribution in [0.1, 0.15) is 0 Å². The molecule has 0 bridgehead atoms. The molecule has 0 saturated heterocycles. The molecule has 0 aliphatic rings. The van der Waals surface area contributed by atoms with Crippen molar-refractivity contribution in [2.24, 2.45) is 0 Å². The highest BCUT2D eigenvalue weighted by atomic mass is 32.2. The molecule has 1 N–H and O–H groups in total. The van der Waals surface area contributed by atoms with Crippen molar-refractivity contribution in [3.05, 3.63) is 48.7 Å². The molecule has 2 aromatic heterocycles. The largest absolute Gasteiger partial charge is 0.365 e. The van der Waals surface area contributed by atoms with Gasteiger partial charge in [0.1, 0.15) is 0 Å². The highest BCUT2D eigenvalue weighted by molar-refractivity contribution is 7.90. The van der Waals surface area contributed by atoms with Gasteiger partial charge in [-0.3, -0.25) is 0 Å². The van der Waals surface area contributed by atoms with Gasteiger partial charge in [0.25, 0.3) is 10.0 Å². The van der Waals surface area contributed by atoms with Crippen LogP contribution in [0.15, 0.2) is 53.6 Å². The Morgan fingerprint density at radius 2 is 1.91 bits per heavy atom. The molecular formula is C15H12N4O2S2. The summed E-state index contributed by atoms with van der Waals surface area (Å²) in [5.74, 6) is 0. The fourth-order valence-corrected chi connectivity index (χ4v) is 4.67. The van der Waals surface area contributed by atoms with Gasteiger partial charge in [-0.2, -0.15) is 17.6 Å². The monoisotopic (exact) mass is 344 g/mol.